The SMILES string of the molecule is CC(C)COC1CCN(C(=O)CCc2ccc(F)cc2)CC1. The second-order valence-electron chi connectivity index (χ2n) is 6.43. The summed E-state index contributed by atoms with van der Waals surface area (Å²) >= 11 is 0. The molecule has 0 unspecified atom stereocenters. The van der Waals surface area contributed by atoms with Gasteiger partial charge in [-0.3, -0.25) is 4.79 Å². The highest BCUT2D eigenvalue weighted by molar-refractivity contribution is 5.76. The number of carbonyl (C=O) groups excluding carboxylic acids is 1. The Bertz CT molecular complexity index is 464. The van der Waals surface area contributed by atoms with Crippen molar-refractivity contribution in [1.29, 1.82) is 0 Å². The van der Waals surface area contributed by atoms with Gasteiger partial charge in [-0.25, -0.2) is 4.39 Å². The van der Waals surface area contributed by atoms with Crippen LogP contribution in [0.15, 0.2) is 24.3 Å². The number of hydrogen-bond donors (Lipinski definition) is 0. The van der Waals surface area contributed by atoms with Gasteiger partial charge in [-0.2, -0.15) is 0 Å². The van der Waals surface area contributed by atoms with Gasteiger partial charge in [0.15, 0.2) is 0 Å². The monoisotopic (exact) mass is 307 g/mol. The maximum atomic E-state index is 12.8. The Morgan fingerprint density at radius 3 is 2.50 bits per heavy atom. The van der Waals surface area contributed by atoms with E-state index >= 15 is 0 Å². The zero-order valence-electron chi connectivity index (χ0n) is 13.6. The number of rotatable bonds is 6. The Kier molecular flexibility index (Phi) is 6.37. The molecule has 1 aromatic rings. The fraction of sp³-hybridized carbons (Fsp3) is 0.611. The smallest absolute Gasteiger partial charge is 0.222 e. The zero-order valence-corrected chi connectivity index (χ0v) is 13.6. The second kappa shape index (κ2) is 8.28. The molecule has 0 N–H and O–H groups in total. The van der Waals surface area contributed by atoms with E-state index in [2.05, 4.69) is 13.8 Å². The molecule has 0 saturated carbocycles. The lowest BCUT2D eigenvalue weighted by Crippen LogP contribution is -2.41. The number of ether oxygens (including phenoxy) is 1. The van der Waals surface area contributed by atoms with Crippen molar-refractivity contribution in [3.63, 3.8) is 0 Å². The molecule has 4 heteroatoms. The van der Waals surface area contributed by atoms with Crippen LogP contribution in [0.5, 0.6) is 0 Å². The normalized spacial score (nSPS) is 16.3. The van der Waals surface area contributed by atoms with Crippen molar-refractivity contribution < 1.29 is 13.9 Å². The number of piperidine rings is 1. The van der Waals surface area contributed by atoms with Crippen molar-refractivity contribution in [1.82, 2.24) is 4.90 Å². The highest BCUT2D eigenvalue weighted by atomic mass is 19.1. The van der Waals surface area contributed by atoms with E-state index < -0.39 is 0 Å². The summed E-state index contributed by atoms with van der Waals surface area (Å²) in [6, 6.07) is 6.37. The molecule has 1 aromatic carbocycles. The van der Waals surface area contributed by atoms with Crippen LogP contribution in [0.3, 0.4) is 0 Å². The summed E-state index contributed by atoms with van der Waals surface area (Å²) in [6.07, 6.45) is 3.30. The zero-order chi connectivity index (χ0) is 15.9. The molecular formula is C18H26FNO2. The number of nitrogens with zero attached hydrogens (tertiary/aromatic N) is 1. The molecule has 1 aliphatic rings. The molecule has 22 heavy (non-hydrogen) atoms. The molecule has 1 fully saturated rings. The number of likely N-dealkylation sites (tertiary alicyclic amines) is 1. The Labute approximate surface area is 132 Å². The summed E-state index contributed by atoms with van der Waals surface area (Å²) in [7, 11) is 0. The van der Waals surface area contributed by atoms with E-state index in [4.69, 9.17) is 4.74 Å². The quantitative estimate of drug-likeness (QED) is 0.806. The fourth-order valence-corrected chi connectivity index (χ4v) is 2.66. The predicted molar refractivity (Wildman–Crippen MR) is 85.1 cm³/mol. The summed E-state index contributed by atoms with van der Waals surface area (Å²) < 4.78 is 18.7. The molecule has 0 spiro atoms. The highest BCUT2D eigenvalue weighted by Gasteiger charge is 2.23. The topological polar surface area (TPSA) is 29.5 Å². The minimum atomic E-state index is -0.237. The van der Waals surface area contributed by atoms with Crippen LogP contribution in [0.25, 0.3) is 0 Å². The third-order valence-corrected chi connectivity index (χ3v) is 4.00. The molecule has 2 rings (SSSR count). The standard InChI is InChI=1S/C18H26FNO2/c1-14(2)13-22-17-9-11-20(12-10-17)18(21)8-5-15-3-6-16(19)7-4-15/h3-4,6-7,14,17H,5,8-13H2,1-2H3. The molecule has 0 aromatic heterocycles. The molecule has 1 saturated heterocycles. The van der Waals surface area contributed by atoms with Crippen LogP contribution in [0, 0.1) is 11.7 Å². The third-order valence-electron chi connectivity index (χ3n) is 4.00. The molecule has 122 valence electrons. The fourth-order valence-electron chi connectivity index (χ4n) is 2.66. The lowest BCUT2D eigenvalue weighted by Gasteiger charge is -2.32. The Balaban J connectivity index is 1.69. The number of benzene rings is 1. The van der Waals surface area contributed by atoms with Crippen molar-refractivity contribution in [2.75, 3.05) is 19.7 Å². The van der Waals surface area contributed by atoms with Gasteiger partial charge in [-0.15, -0.1) is 0 Å². The Hall–Kier alpha value is -1.42. The van der Waals surface area contributed by atoms with E-state index in [-0.39, 0.29) is 11.7 Å². The van der Waals surface area contributed by atoms with Crippen molar-refractivity contribution in [3.05, 3.63) is 35.6 Å². The molecule has 0 atom stereocenters. The number of carbonyl (C=O) groups is 1. The van der Waals surface area contributed by atoms with Crippen molar-refractivity contribution in [2.24, 2.45) is 5.92 Å². The lowest BCUT2D eigenvalue weighted by molar-refractivity contribution is -0.133. The molecule has 1 heterocycles. The first kappa shape index (κ1) is 16.9. The van der Waals surface area contributed by atoms with Gasteiger partial charge in [0.25, 0.3) is 0 Å². The van der Waals surface area contributed by atoms with Gasteiger partial charge in [0.1, 0.15) is 5.82 Å². The van der Waals surface area contributed by atoms with Gasteiger partial charge >= 0.3 is 0 Å². The minimum Gasteiger partial charge on any atom is -0.378 e. The molecule has 1 amide bonds. The first-order chi connectivity index (χ1) is 10.5. The molecule has 0 aliphatic carbocycles. The summed E-state index contributed by atoms with van der Waals surface area (Å²) in [6.45, 7) is 6.65. The predicted octanol–water partition coefficient (Wildman–Crippen LogP) is 3.42. The molecule has 3 nitrogen and oxygen atoms in total. The number of halogens is 1. The Morgan fingerprint density at radius 2 is 1.91 bits per heavy atom. The largest absolute Gasteiger partial charge is 0.378 e. The maximum absolute atomic E-state index is 12.8. The summed E-state index contributed by atoms with van der Waals surface area (Å²) in [4.78, 5) is 14.2. The van der Waals surface area contributed by atoms with Gasteiger partial charge in [-0.05, 0) is 42.9 Å². The first-order valence-corrected chi connectivity index (χ1v) is 8.18. The van der Waals surface area contributed by atoms with Crippen LogP contribution < -0.4 is 0 Å². The minimum absolute atomic E-state index is 0.187. The van der Waals surface area contributed by atoms with Crippen molar-refractivity contribution >= 4 is 5.91 Å². The Morgan fingerprint density at radius 1 is 1.27 bits per heavy atom. The molecular weight excluding hydrogens is 281 g/mol. The highest BCUT2D eigenvalue weighted by Crippen LogP contribution is 2.16. The van der Waals surface area contributed by atoms with E-state index in [1.165, 1.54) is 12.1 Å². The van der Waals surface area contributed by atoms with E-state index in [9.17, 15) is 9.18 Å². The summed E-state index contributed by atoms with van der Waals surface area (Å²) in [5.41, 5.74) is 1.00. The van der Waals surface area contributed by atoms with Crippen molar-refractivity contribution in [2.45, 2.75) is 45.6 Å². The number of hydrogen-bond acceptors (Lipinski definition) is 2. The number of amides is 1. The van der Waals surface area contributed by atoms with Crippen LogP contribution >= 0.6 is 0 Å². The number of aryl methyl sites for hydroxylation is 1. The van der Waals surface area contributed by atoms with Crippen LogP contribution in [0.4, 0.5) is 4.39 Å². The van der Waals surface area contributed by atoms with E-state index in [1.54, 1.807) is 12.1 Å². The summed E-state index contributed by atoms with van der Waals surface area (Å²) in [5, 5.41) is 0. The lowest BCUT2D eigenvalue weighted by atomic mass is 10.1. The van der Waals surface area contributed by atoms with E-state index in [1.807, 2.05) is 4.90 Å². The van der Waals surface area contributed by atoms with E-state index in [0.29, 0.717) is 24.9 Å². The van der Waals surface area contributed by atoms with Gasteiger partial charge in [0.2, 0.25) is 5.91 Å². The van der Waals surface area contributed by atoms with Gasteiger partial charge < -0.3 is 9.64 Å². The summed E-state index contributed by atoms with van der Waals surface area (Å²) in [5.74, 6) is 0.501. The van der Waals surface area contributed by atoms with Crippen LogP contribution in [-0.4, -0.2) is 36.6 Å². The van der Waals surface area contributed by atoms with Gasteiger partial charge in [0, 0.05) is 26.1 Å². The molecule has 0 radical (unpaired) electrons. The first-order valence-electron chi connectivity index (χ1n) is 8.18. The maximum Gasteiger partial charge on any atom is 0.222 e. The van der Waals surface area contributed by atoms with Crippen LogP contribution in [-0.2, 0) is 16.0 Å². The average Bonchev–Trinajstić information content (AvgIpc) is 2.52. The van der Waals surface area contributed by atoms with Crippen LogP contribution in [0.1, 0.15) is 38.7 Å². The third kappa shape index (κ3) is 5.41. The van der Waals surface area contributed by atoms with Gasteiger partial charge in [-0.1, -0.05) is 26.0 Å². The second-order valence-corrected chi connectivity index (χ2v) is 6.43. The van der Waals surface area contributed by atoms with E-state index in [0.717, 1.165) is 38.1 Å². The molecule has 1 aliphatic heterocycles. The average molecular weight is 307 g/mol. The van der Waals surface area contributed by atoms with Crippen LogP contribution in [0.2, 0.25) is 0 Å². The molecule has 0 bridgehead atoms. The van der Waals surface area contributed by atoms with Gasteiger partial charge in [0.05, 0.1) is 6.10 Å². The van der Waals surface area contributed by atoms with Crippen molar-refractivity contribution in [3.8, 4) is 0 Å².